The van der Waals surface area contributed by atoms with Crippen LogP contribution < -0.4 is 5.73 Å². The molecule has 1 rings (SSSR count). The van der Waals surface area contributed by atoms with Crippen molar-refractivity contribution in [1.82, 2.24) is 0 Å². The van der Waals surface area contributed by atoms with E-state index in [2.05, 4.69) is 15.9 Å². The molecule has 3 nitrogen and oxygen atoms in total. The molecule has 1 aromatic carbocycles. The molecule has 0 fully saturated rings. The van der Waals surface area contributed by atoms with Gasteiger partial charge in [0, 0.05) is 4.47 Å². The van der Waals surface area contributed by atoms with E-state index in [1.807, 2.05) is 26.0 Å². The highest BCUT2D eigenvalue weighted by Gasteiger charge is 2.15. The fraction of sp³-hybridized carbons (Fsp3) is 0.364. The van der Waals surface area contributed by atoms with Crippen LogP contribution in [0.4, 0.5) is 0 Å². The van der Waals surface area contributed by atoms with E-state index in [1.165, 1.54) is 0 Å². The van der Waals surface area contributed by atoms with Crippen molar-refractivity contribution >= 4 is 21.9 Å². The van der Waals surface area contributed by atoms with Gasteiger partial charge in [-0.1, -0.05) is 22.0 Å². The van der Waals surface area contributed by atoms with Gasteiger partial charge >= 0.3 is 5.97 Å². The average molecular weight is 272 g/mol. The van der Waals surface area contributed by atoms with E-state index >= 15 is 0 Å². The predicted octanol–water partition coefficient (Wildman–Crippen LogP) is 2.02. The van der Waals surface area contributed by atoms with Crippen LogP contribution in [0.1, 0.15) is 16.7 Å². The summed E-state index contributed by atoms with van der Waals surface area (Å²) in [5.74, 6) is -0.970. The lowest BCUT2D eigenvalue weighted by atomic mass is 10.00. The minimum Gasteiger partial charge on any atom is -0.480 e. The summed E-state index contributed by atoms with van der Waals surface area (Å²) in [6.07, 6.45) is 0.349. The van der Waals surface area contributed by atoms with E-state index in [9.17, 15) is 4.79 Å². The SMILES string of the molecule is Cc1cc(C)c(CC(N)C(=O)O)c(Br)c1. The van der Waals surface area contributed by atoms with Crippen LogP contribution >= 0.6 is 15.9 Å². The Morgan fingerprint density at radius 3 is 2.60 bits per heavy atom. The second-order valence-electron chi connectivity index (χ2n) is 3.69. The number of halogens is 1. The van der Waals surface area contributed by atoms with Crippen molar-refractivity contribution in [2.45, 2.75) is 26.3 Å². The monoisotopic (exact) mass is 271 g/mol. The number of rotatable bonds is 3. The van der Waals surface area contributed by atoms with Gasteiger partial charge in [-0.05, 0) is 43.0 Å². The summed E-state index contributed by atoms with van der Waals surface area (Å²) in [6, 6.07) is 3.15. The van der Waals surface area contributed by atoms with Crippen LogP contribution in [-0.2, 0) is 11.2 Å². The summed E-state index contributed by atoms with van der Waals surface area (Å²) < 4.78 is 0.928. The van der Waals surface area contributed by atoms with E-state index < -0.39 is 12.0 Å². The Morgan fingerprint density at radius 1 is 1.53 bits per heavy atom. The Kier molecular flexibility index (Phi) is 3.88. The van der Waals surface area contributed by atoms with Crippen molar-refractivity contribution in [3.63, 3.8) is 0 Å². The van der Waals surface area contributed by atoms with Gasteiger partial charge in [0.1, 0.15) is 6.04 Å². The molecule has 3 N–H and O–H groups in total. The molecule has 0 aromatic heterocycles. The van der Waals surface area contributed by atoms with Crippen molar-refractivity contribution in [2.75, 3.05) is 0 Å². The van der Waals surface area contributed by atoms with Gasteiger partial charge in [0.25, 0.3) is 0 Å². The smallest absolute Gasteiger partial charge is 0.320 e. The topological polar surface area (TPSA) is 63.3 Å². The first-order valence-electron chi connectivity index (χ1n) is 4.66. The number of carboxylic acids is 1. The third-order valence-electron chi connectivity index (χ3n) is 2.30. The summed E-state index contributed by atoms with van der Waals surface area (Å²) in [6.45, 7) is 3.96. The average Bonchev–Trinajstić information content (AvgIpc) is 2.10. The number of aliphatic carboxylic acids is 1. The first kappa shape index (κ1) is 12.2. The van der Waals surface area contributed by atoms with E-state index in [-0.39, 0.29) is 0 Å². The molecular weight excluding hydrogens is 258 g/mol. The molecule has 0 aliphatic carbocycles. The Bertz CT molecular complexity index is 367. The van der Waals surface area contributed by atoms with Crippen LogP contribution in [0.3, 0.4) is 0 Å². The number of aryl methyl sites for hydroxylation is 2. The van der Waals surface area contributed by atoms with Gasteiger partial charge in [-0.15, -0.1) is 0 Å². The molecule has 15 heavy (non-hydrogen) atoms. The Hall–Kier alpha value is -0.870. The van der Waals surface area contributed by atoms with Gasteiger partial charge in [-0.2, -0.15) is 0 Å². The van der Waals surface area contributed by atoms with Gasteiger partial charge in [0.2, 0.25) is 0 Å². The molecule has 0 saturated carbocycles. The normalized spacial score (nSPS) is 12.5. The lowest BCUT2D eigenvalue weighted by Crippen LogP contribution is -2.32. The molecule has 0 aliphatic rings. The highest BCUT2D eigenvalue weighted by Crippen LogP contribution is 2.23. The van der Waals surface area contributed by atoms with Crippen molar-refractivity contribution in [3.05, 3.63) is 33.3 Å². The Balaban J connectivity index is 3.00. The lowest BCUT2D eigenvalue weighted by Gasteiger charge is -2.12. The molecule has 0 amide bonds. The molecule has 1 atom stereocenters. The fourth-order valence-corrected chi connectivity index (χ4v) is 2.35. The van der Waals surface area contributed by atoms with Gasteiger partial charge in [0.05, 0.1) is 0 Å². The summed E-state index contributed by atoms with van der Waals surface area (Å²) in [5.41, 5.74) is 8.69. The quantitative estimate of drug-likeness (QED) is 0.884. The minimum absolute atomic E-state index is 0.349. The van der Waals surface area contributed by atoms with Gasteiger partial charge < -0.3 is 10.8 Å². The zero-order valence-corrected chi connectivity index (χ0v) is 10.3. The van der Waals surface area contributed by atoms with Crippen LogP contribution in [0.15, 0.2) is 16.6 Å². The van der Waals surface area contributed by atoms with Crippen molar-refractivity contribution < 1.29 is 9.90 Å². The van der Waals surface area contributed by atoms with Crippen LogP contribution in [0.25, 0.3) is 0 Å². The standard InChI is InChI=1S/C11H14BrNO2/c1-6-3-7(2)8(9(12)4-6)5-10(13)11(14)15/h3-4,10H,5,13H2,1-2H3,(H,14,15). The maximum atomic E-state index is 10.7. The third kappa shape index (κ3) is 3.04. The summed E-state index contributed by atoms with van der Waals surface area (Å²) in [5, 5.41) is 8.74. The van der Waals surface area contributed by atoms with Gasteiger partial charge in [0.15, 0.2) is 0 Å². The van der Waals surface area contributed by atoms with Crippen LogP contribution in [0, 0.1) is 13.8 Å². The maximum Gasteiger partial charge on any atom is 0.320 e. The number of hydrogen-bond acceptors (Lipinski definition) is 2. The zero-order chi connectivity index (χ0) is 11.6. The lowest BCUT2D eigenvalue weighted by molar-refractivity contribution is -0.138. The second-order valence-corrected chi connectivity index (χ2v) is 4.55. The van der Waals surface area contributed by atoms with Crippen molar-refractivity contribution in [3.8, 4) is 0 Å². The Morgan fingerprint density at radius 2 is 2.13 bits per heavy atom. The predicted molar refractivity (Wildman–Crippen MR) is 62.9 cm³/mol. The number of nitrogens with two attached hydrogens (primary N) is 1. The molecule has 4 heteroatoms. The molecular formula is C11H14BrNO2. The van der Waals surface area contributed by atoms with Gasteiger partial charge in [-0.3, -0.25) is 4.79 Å². The van der Waals surface area contributed by atoms with E-state index in [1.54, 1.807) is 0 Å². The fourth-order valence-electron chi connectivity index (χ4n) is 1.51. The molecule has 0 spiro atoms. The first-order valence-corrected chi connectivity index (χ1v) is 5.45. The molecule has 0 radical (unpaired) electrons. The van der Waals surface area contributed by atoms with Gasteiger partial charge in [-0.25, -0.2) is 0 Å². The molecule has 0 bridgehead atoms. The Labute approximate surface area is 97.4 Å². The summed E-state index contributed by atoms with van der Waals surface area (Å²) in [4.78, 5) is 10.7. The highest BCUT2D eigenvalue weighted by atomic mass is 79.9. The molecule has 0 saturated heterocycles. The highest BCUT2D eigenvalue weighted by molar-refractivity contribution is 9.10. The van der Waals surface area contributed by atoms with E-state index in [4.69, 9.17) is 10.8 Å². The number of hydrogen-bond donors (Lipinski definition) is 2. The van der Waals surface area contributed by atoms with E-state index in [0.29, 0.717) is 6.42 Å². The summed E-state index contributed by atoms with van der Waals surface area (Å²) >= 11 is 3.43. The number of carboxylic acid groups (broad SMARTS) is 1. The van der Waals surface area contributed by atoms with Crippen molar-refractivity contribution in [2.24, 2.45) is 5.73 Å². The van der Waals surface area contributed by atoms with Crippen LogP contribution in [0.5, 0.6) is 0 Å². The second kappa shape index (κ2) is 4.77. The van der Waals surface area contributed by atoms with Crippen LogP contribution in [-0.4, -0.2) is 17.1 Å². The zero-order valence-electron chi connectivity index (χ0n) is 8.75. The molecule has 1 unspecified atom stereocenters. The van der Waals surface area contributed by atoms with Crippen molar-refractivity contribution in [1.29, 1.82) is 0 Å². The third-order valence-corrected chi connectivity index (χ3v) is 3.01. The minimum atomic E-state index is -0.970. The van der Waals surface area contributed by atoms with E-state index in [0.717, 1.165) is 21.2 Å². The number of carbonyl (C=O) groups is 1. The molecule has 82 valence electrons. The van der Waals surface area contributed by atoms with Crippen LogP contribution in [0.2, 0.25) is 0 Å². The first-order chi connectivity index (χ1) is 6.91. The molecule has 1 aromatic rings. The molecule has 0 aliphatic heterocycles. The molecule has 0 heterocycles. The largest absolute Gasteiger partial charge is 0.480 e. The number of benzene rings is 1. The summed E-state index contributed by atoms with van der Waals surface area (Å²) in [7, 11) is 0. The maximum absolute atomic E-state index is 10.7.